The molecule has 1 saturated carbocycles. The maximum absolute atomic E-state index is 11.8. The number of aromatic amines is 1. The number of hydrogen-bond donors (Lipinski definition) is 3. The van der Waals surface area contributed by atoms with Crippen LogP contribution in [0.3, 0.4) is 0 Å². The lowest BCUT2D eigenvalue weighted by atomic mass is 9.80. The first-order valence-corrected chi connectivity index (χ1v) is 7.20. The number of aryl methyl sites for hydroxylation is 1. The van der Waals surface area contributed by atoms with Crippen molar-refractivity contribution in [2.75, 3.05) is 6.54 Å². The highest BCUT2D eigenvalue weighted by Gasteiger charge is 2.34. The van der Waals surface area contributed by atoms with E-state index >= 15 is 0 Å². The molecule has 2 aromatic rings. The normalized spacial score (nSPS) is 16.9. The number of fused-ring (bicyclic) bond motifs is 1. The van der Waals surface area contributed by atoms with Gasteiger partial charge in [0.05, 0.1) is 5.60 Å². The highest BCUT2D eigenvalue weighted by atomic mass is 16.3. The number of aromatic nitrogens is 1. The van der Waals surface area contributed by atoms with Crippen molar-refractivity contribution in [1.29, 1.82) is 0 Å². The lowest BCUT2D eigenvalue weighted by Gasteiger charge is -2.36. The van der Waals surface area contributed by atoms with Crippen molar-refractivity contribution in [2.24, 2.45) is 0 Å². The van der Waals surface area contributed by atoms with E-state index in [2.05, 4.69) is 16.4 Å². The SMILES string of the molecule is O=C(CCc1c[nH]c2ccccc12)NCC1(O)CCC1. The summed E-state index contributed by atoms with van der Waals surface area (Å²) in [4.78, 5) is 15.0. The van der Waals surface area contributed by atoms with Crippen LogP contribution < -0.4 is 5.32 Å². The van der Waals surface area contributed by atoms with Crippen LogP contribution in [-0.4, -0.2) is 28.1 Å². The summed E-state index contributed by atoms with van der Waals surface area (Å²) in [6, 6.07) is 8.10. The van der Waals surface area contributed by atoms with Gasteiger partial charge in [-0.1, -0.05) is 18.2 Å². The van der Waals surface area contributed by atoms with Gasteiger partial charge in [-0.3, -0.25) is 4.79 Å². The van der Waals surface area contributed by atoms with Crippen LogP contribution in [0.2, 0.25) is 0 Å². The number of carbonyl (C=O) groups is 1. The molecular weight excluding hydrogens is 252 g/mol. The molecule has 1 heterocycles. The topological polar surface area (TPSA) is 65.1 Å². The van der Waals surface area contributed by atoms with Crippen molar-refractivity contribution < 1.29 is 9.90 Å². The van der Waals surface area contributed by atoms with Gasteiger partial charge in [-0.05, 0) is 37.3 Å². The summed E-state index contributed by atoms with van der Waals surface area (Å²) >= 11 is 0. The third kappa shape index (κ3) is 2.70. The molecule has 1 aliphatic carbocycles. The Balaban J connectivity index is 1.52. The second-order valence-corrected chi connectivity index (χ2v) is 5.71. The lowest BCUT2D eigenvalue weighted by molar-refractivity contribution is -0.123. The molecule has 0 radical (unpaired) electrons. The van der Waals surface area contributed by atoms with E-state index in [-0.39, 0.29) is 5.91 Å². The quantitative estimate of drug-likeness (QED) is 0.780. The highest BCUT2D eigenvalue weighted by molar-refractivity contribution is 5.84. The van der Waals surface area contributed by atoms with E-state index in [0.717, 1.165) is 30.3 Å². The monoisotopic (exact) mass is 272 g/mol. The van der Waals surface area contributed by atoms with E-state index in [0.29, 0.717) is 19.4 Å². The minimum Gasteiger partial charge on any atom is -0.388 e. The molecule has 1 aromatic carbocycles. The molecule has 4 heteroatoms. The van der Waals surface area contributed by atoms with E-state index in [1.54, 1.807) is 0 Å². The molecule has 1 amide bonds. The smallest absolute Gasteiger partial charge is 0.220 e. The van der Waals surface area contributed by atoms with Gasteiger partial charge >= 0.3 is 0 Å². The number of amides is 1. The molecule has 0 unspecified atom stereocenters. The number of carbonyl (C=O) groups excluding carboxylic acids is 1. The van der Waals surface area contributed by atoms with Gasteiger partial charge in [0.15, 0.2) is 0 Å². The Morgan fingerprint density at radius 2 is 2.15 bits per heavy atom. The Hall–Kier alpha value is -1.81. The summed E-state index contributed by atoms with van der Waals surface area (Å²) in [6.07, 6.45) is 5.80. The number of para-hydroxylation sites is 1. The largest absolute Gasteiger partial charge is 0.388 e. The number of rotatable bonds is 5. The number of H-pyrrole nitrogens is 1. The molecule has 0 aliphatic heterocycles. The van der Waals surface area contributed by atoms with Crippen LogP contribution in [0.5, 0.6) is 0 Å². The molecule has 1 aliphatic rings. The van der Waals surface area contributed by atoms with E-state index in [1.165, 1.54) is 5.39 Å². The zero-order valence-electron chi connectivity index (χ0n) is 11.5. The van der Waals surface area contributed by atoms with Crippen molar-refractivity contribution in [1.82, 2.24) is 10.3 Å². The molecule has 3 rings (SSSR count). The Kier molecular flexibility index (Phi) is 3.49. The number of aliphatic hydroxyl groups is 1. The van der Waals surface area contributed by atoms with Gasteiger partial charge in [-0.25, -0.2) is 0 Å². The Labute approximate surface area is 118 Å². The average Bonchev–Trinajstić information content (AvgIpc) is 2.84. The summed E-state index contributed by atoms with van der Waals surface area (Å²) < 4.78 is 0. The Morgan fingerprint density at radius 1 is 1.35 bits per heavy atom. The van der Waals surface area contributed by atoms with Gasteiger partial charge in [-0.15, -0.1) is 0 Å². The van der Waals surface area contributed by atoms with Crippen molar-refractivity contribution in [2.45, 2.75) is 37.7 Å². The van der Waals surface area contributed by atoms with Gasteiger partial charge in [0.1, 0.15) is 0 Å². The molecule has 0 bridgehead atoms. The van der Waals surface area contributed by atoms with Crippen LogP contribution in [0.25, 0.3) is 10.9 Å². The molecule has 4 nitrogen and oxygen atoms in total. The highest BCUT2D eigenvalue weighted by Crippen LogP contribution is 2.30. The molecule has 106 valence electrons. The second-order valence-electron chi connectivity index (χ2n) is 5.71. The second kappa shape index (κ2) is 5.29. The van der Waals surface area contributed by atoms with Crippen molar-refractivity contribution in [3.63, 3.8) is 0 Å². The van der Waals surface area contributed by atoms with Crippen LogP contribution in [0, 0.1) is 0 Å². The number of hydrogen-bond acceptors (Lipinski definition) is 2. The maximum Gasteiger partial charge on any atom is 0.220 e. The summed E-state index contributed by atoms with van der Waals surface area (Å²) in [5.41, 5.74) is 1.63. The molecule has 0 atom stereocenters. The zero-order chi connectivity index (χ0) is 14.0. The molecule has 3 N–H and O–H groups in total. The van der Waals surface area contributed by atoms with Crippen molar-refractivity contribution >= 4 is 16.8 Å². The van der Waals surface area contributed by atoms with Crippen molar-refractivity contribution in [3.8, 4) is 0 Å². The molecule has 1 aromatic heterocycles. The van der Waals surface area contributed by atoms with Gasteiger partial charge in [0.25, 0.3) is 0 Å². The van der Waals surface area contributed by atoms with Gasteiger partial charge < -0.3 is 15.4 Å². The third-order valence-electron chi connectivity index (χ3n) is 4.20. The van der Waals surface area contributed by atoms with E-state index in [4.69, 9.17) is 0 Å². The third-order valence-corrected chi connectivity index (χ3v) is 4.20. The first-order chi connectivity index (χ1) is 9.66. The Morgan fingerprint density at radius 3 is 2.90 bits per heavy atom. The van der Waals surface area contributed by atoms with E-state index in [9.17, 15) is 9.90 Å². The van der Waals surface area contributed by atoms with E-state index in [1.807, 2.05) is 24.4 Å². The zero-order valence-corrected chi connectivity index (χ0v) is 11.5. The minimum atomic E-state index is -0.642. The first kappa shape index (κ1) is 13.2. The van der Waals surface area contributed by atoms with Gasteiger partial charge in [-0.2, -0.15) is 0 Å². The van der Waals surface area contributed by atoms with Crippen molar-refractivity contribution in [3.05, 3.63) is 36.0 Å². The molecular formula is C16H20N2O2. The van der Waals surface area contributed by atoms with Gasteiger partial charge in [0.2, 0.25) is 5.91 Å². The Bertz CT molecular complexity index is 614. The fraction of sp³-hybridized carbons (Fsp3) is 0.438. The average molecular weight is 272 g/mol. The predicted molar refractivity (Wildman–Crippen MR) is 78.4 cm³/mol. The van der Waals surface area contributed by atoms with Crippen LogP contribution in [0.1, 0.15) is 31.2 Å². The van der Waals surface area contributed by atoms with Crippen LogP contribution in [0.4, 0.5) is 0 Å². The van der Waals surface area contributed by atoms with Crippen LogP contribution >= 0.6 is 0 Å². The summed E-state index contributed by atoms with van der Waals surface area (Å²) in [6.45, 7) is 0.389. The van der Waals surface area contributed by atoms with Gasteiger partial charge in [0, 0.05) is 30.1 Å². The molecule has 20 heavy (non-hydrogen) atoms. The molecule has 0 saturated heterocycles. The summed E-state index contributed by atoms with van der Waals surface area (Å²) in [5.74, 6) is 0.00982. The van der Waals surface area contributed by atoms with E-state index < -0.39 is 5.60 Å². The fourth-order valence-electron chi connectivity index (χ4n) is 2.70. The first-order valence-electron chi connectivity index (χ1n) is 7.20. The standard InChI is InChI=1S/C16H20N2O2/c19-15(18-11-16(20)8-3-9-16)7-6-12-10-17-14-5-2-1-4-13(12)14/h1-2,4-5,10,17,20H,3,6-9,11H2,(H,18,19). The fourth-order valence-corrected chi connectivity index (χ4v) is 2.70. The molecule has 1 fully saturated rings. The summed E-state index contributed by atoms with van der Waals surface area (Å²) in [7, 11) is 0. The minimum absolute atomic E-state index is 0.00982. The number of nitrogens with one attached hydrogen (secondary N) is 2. The maximum atomic E-state index is 11.8. The lowest BCUT2D eigenvalue weighted by Crippen LogP contribution is -2.47. The predicted octanol–water partition coefficient (Wildman–Crippen LogP) is 2.13. The van der Waals surface area contributed by atoms with Crippen LogP contribution in [-0.2, 0) is 11.2 Å². The van der Waals surface area contributed by atoms with Crippen LogP contribution in [0.15, 0.2) is 30.5 Å². The summed E-state index contributed by atoms with van der Waals surface area (Å²) in [5, 5.41) is 13.9. The number of benzene rings is 1. The molecule has 0 spiro atoms.